The Morgan fingerprint density at radius 3 is 2.14 bits per heavy atom. The van der Waals surface area contributed by atoms with Crippen molar-refractivity contribution in [3.8, 4) is 5.75 Å². The average Bonchev–Trinajstić information content (AvgIpc) is 2.48. The van der Waals surface area contributed by atoms with Gasteiger partial charge in [0.15, 0.2) is 0 Å². The Hall–Kier alpha value is -1.13. The quantitative estimate of drug-likeness (QED) is 0.610. The lowest BCUT2D eigenvalue weighted by Gasteiger charge is -2.26. The van der Waals surface area contributed by atoms with E-state index in [1.54, 1.807) is 54.6 Å². The van der Waals surface area contributed by atoms with Gasteiger partial charge in [0, 0.05) is 10.6 Å². The maximum atomic E-state index is 12.2. The molecule has 1 N–H and O–H groups in total. The molecule has 0 aromatic heterocycles. The van der Waals surface area contributed by atoms with Gasteiger partial charge in [-0.05, 0) is 36.4 Å². The Morgan fingerprint density at radius 2 is 1.59 bits per heavy atom. The number of alkyl halides is 3. The van der Waals surface area contributed by atoms with Gasteiger partial charge in [-0.1, -0.05) is 64.6 Å². The van der Waals surface area contributed by atoms with Crippen LogP contribution in [0.25, 0.3) is 0 Å². The van der Waals surface area contributed by atoms with E-state index in [1.807, 2.05) is 0 Å². The van der Waals surface area contributed by atoms with Gasteiger partial charge in [0.05, 0.1) is 0 Å². The molecule has 2 rings (SSSR count). The molecule has 0 bridgehead atoms. The highest BCUT2D eigenvalue weighted by Gasteiger charge is 2.36. The number of ether oxygens (including phenoxy) is 1. The monoisotopic (exact) mass is 377 g/mol. The van der Waals surface area contributed by atoms with E-state index in [-0.39, 0.29) is 0 Å². The molecular weight excluding hydrogens is 368 g/mol. The van der Waals surface area contributed by atoms with Crippen molar-refractivity contribution in [3.05, 3.63) is 65.2 Å². The molecule has 7 heteroatoms. The van der Waals surface area contributed by atoms with Crippen molar-refractivity contribution in [3.63, 3.8) is 0 Å². The average molecular weight is 379 g/mol. The Balaban J connectivity index is 2.13. The van der Waals surface area contributed by atoms with E-state index in [0.717, 1.165) is 0 Å². The van der Waals surface area contributed by atoms with Gasteiger partial charge in [-0.15, -0.1) is 0 Å². The third-order valence-corrected chi connectivity index (χ3v) is 3.51. The van der Waals surface area contributed by atoms with Crippen LogP contribution in [0.5, 0.6) is 5.75 Å². The molecule has 116 valence electrons. The highest BCUT2D eigenvalue weighted by Crippen LogP contribution is 2.32. The van der Waals surface area contributed by atoms with Crippen molar-refractivity contribution in [1.82, 2.24) is 5.32 Å². The lowest BCUT2D eigenvalue weighted by molar-refractivity contribution is 0.0833. The van der Waals surface area contributed by atoms with Crippen LogP contribution in [0.3, 0.4) is 0 Å². The molecule has 0 saturated carbocycles. The molecular formula is C15H11Cl4NO2. The van der Waals surface area contributed by atoms with E-state index in [0.29, 0.717) is 16.3 Å². The Morgan fingerprint density at radius 1 is 1.00 bits per heavy atom. The summed E-state index contributed by atoms with van der Waals surface area (Å²) in [6.07, 6.45) is -1.16. The predicted octanol–water partition coefficient (Wildman–Crippen LogP) is 4.85. The van der Waals surface area contributed by atoms with Crippen molar-refractivity contribution in [2.75, 3.05) is 0 Å². The third kappa shape index (κ3) is 4.96. The standard InChI is InChI=1S/C15H11Cl4NO2/c16-11-6-8-12(9-7-11)22-14(15(17,18)19)20-13(21)10-4-2-1-3-5-10/h1-9,14H,(H,20,21). The highest BCUT2D eigenvalue weighted by atomic mass is 35.6. The zero-order chi connectivity index (χ0) is 16.2. The van der Waals surface area contributed by atoms with E-state index in [1.165, 1.54) is 0 Å². The molecule has 0 aliphatic rings. The first-order valence-electron chi connectivity index (χ1n) is 6.21. The van der Waals surface area contributed by atoms with Gasteiger partial charge < -0.3 is 10.1 Å². The topological polar surface area (TPSA) is 38.3 Å². The Kier molecular flexibility index (Phi) is 5.81. The summed E-state index contributed by atoms with van der Waals surface area (Å²) in [4.78, 5) is 12.2. The lowest BCUT2D eigenvalue weighted by Crippen LogP contribution is -2.47. The molecule has 0 radical (unpaired) electrons. The number of hydrogen-bond donors (Lipinski definition) is 1. The highest BCUT2D eigenvalue weighted by molar-refractivity contribution is 6.68. The first-order valence-corrected chi connectivity index (χ1v) is 7.72. The molecule has 0 heterocycles. The number of carbonyl (C=O) groups excluding carboxylic acids is 1. The maximum Gasteiger partial charge on any atom is 0.254 e. The molecule has 1 unspecified atom stereocenters. The van der Waals surface area contributed by atoms with Crippen LogP contribution in [0.4, 0.5) is 0 Å². The number of carbonyl (C=O) groups is 1. The van der Waals surface area contributed by atoms with Crippen LogP contribution in [0.15, 0.2) is 54.6 Å². The molecule has 3 nitrogen and oxygen atoms in total. The van der Waals surface area contributed by atoms with Gasteiger partial charge in [-0.2, -0.15) is 0 Å². The largest absolute Gasteiger partial charge is 0.466 e. The van der Waals surface area contributed by atoms with Crippen molar-refractivity contribution in [2.24, 2.45) is 0 Å². The van der Waals surface area contributed by atoms with E-state index < -0.39 is 15.9 Å². The van der Waals surface area contributed by atoms with Crippen molar-refractivity contribution in [2.45, 2.75) is 10.0 Å². The van der Waals surface area contributed by atoms with Crippen LogP contribution in [-0.2, 0) is 0 Å². The minimum absolute atomic E-state index is 0.411. The number of halogens is 4. The van der Waals surface area contributed by atoms with Crippen molar-refractivity contribution >= 4 is 52.3 Å². The van der Waals surface area contributed by atoms with Crippen molar-refractivity contribution < 1.29 is 9.53 Å². The fraction of sp³-hybridized carbons (Fsp3) is 0.133. The second kappa shape index (κ2) is 7.42. The van der Waals surface area contributed by atoms with Crippen LogP contribution in [-0.4, -0.2) is 15.9 Å². The smallest absolute Gasteiger partial charge is 0.254 e. The number of nitrogens with one attached hydrogen (secondary N) is 1. The molecule has 0 aliphatic heterocycles. The van der Waals surface area contributed by atoms with Crippen LogP contribution >= 0.6 is 46.4 Å². The number of rotatable bonds is 4. The summed E-state index contributed by atoms with van der Waals surface area (Å²) in [5.74, 6) is -0.0000230. The normalized spacial score (nSPS) is 12.5. The number of benzene rings is 2. The molecule has 22 heavy (non-hydrogen) atoms. The minimum Gasteiger partial charge on any atom is -0.466 e. The summed E-state index contributed by atoms with van der Waals surface area (Å²) < 4.78 is 3.70. The molecule has 0 saturated heterocycles. The number of hydrogen-bond acceptors (Lipinski definition) is 2. The molecule has 0 aliphatic carbocycles. The summed E-state index contributed by atoms with van der Waals surface area (Å²) in [7, 11) is 0. The molecule has 0 fully saturated rings. The van der Waals surface area contributed by atoms with Gasteiger partial charge in [0.2, 0.25) is 10.0 Å². The summed E-state index contributed by atoms with van der Waals surface area (Å²) in [6, 6.07) is 15.0. The van der Waals surface area contributed by atoms with Gasteiger partial charge in [-0.3, -0.25) is 4.79 Å². The van der Waals surface area contributed by atoms with Gasteiger partial charge >= 0.3 is 0 Å². The SMILES string of the molecule is O=C(NC(Oc1ccc(Cl)cc1)C(Cl)(Cl)Cl)c1ccccc1. The van der Waals surface area contributed by atoms with E-state index in [2.05, 4.69) is 5.32 Å². The van der Waals surface area contributed by atoms with E-state index in [9.17, 15) is 4.79 Å². The molecule has 1 amide bonds. The number of amides is 1. The summed E-state index contributed by atoms with van der Waals surface area (Å²) in [5.41, 5.74) is 0.432. The van der Waals surface area contributed by atoms with Gasteiger partial charge in [-0.25, -0.2) is 0 Å². The van der Waals surface area contributed by atoms with E-state index in [4.69, 9.17) is 51.1 Å². The second-order valence-electron chi connectivity index (χ2n) is 4.33. The van der Waals surface area contributed by atoms with E-state index >= 15 is 0 Å². The fourth-order valence-corrected chi connectivity index (χ4v) is 2.04. The fourth-order valence-electron chi connectivity index (χ4n) is 1.62. The van der Waals surface area contributed by atoms with Crippen LogP contribution < -0.4 is 10.1 Å². The summed E-state index contributed by atoms with van der Waals surface area (Å²) >= 11 is 23.4. The molecule has 2 aromatic carbocycles. The zero-order valence-corrected chi connectivity index (χ0v) is 14.1. The predicted molar refractivity (Wildman–Crippen MR) is 90.1 cm³/mol. The zero-order valence-electron chi connectivity index (χ0n) is 11.1. The maximum absolute atomic E-state index is 12.2. The molecule has 2 aromatic rings. The summed E-state index contributed by atoms with van der Waals surface area (Å²) in [6.45, 7) is 0. The third-order valence-electron chi connectivity index (χ3n) is 2.66. The van der Waals surface area contributed by atoms with Crippen molar-refractivity contribution in [1.29, 1.82) is 0 Å². The van der Waals surface area contributed by atoms with Gasteiger partial charge in [0.25, 0.3) is 5.91 Å². The molecule has 1 atom stereocenters. The Labute approximate surface area is 148 Å². The van der Waals surface area contributed by atoms with Crippen LogP contribution in [0.2, 0.25) is 5.02 Å². The minimum atomic E-state index is -1.84. The van der Waals surface area contributed by atoms with Crippen LogP contribution in [0.1, 0.15) is 10.4 Å². The molecule has 0 spiro atoms. The van der Waals surface area contributed by atoms with Crippen LogP contribution in [0, 0.1) is 0 Å². The Bertz CT molecular complexity index is 626. The lowest BCUT2D eigenvalue weighted by atomic mass is 10.2. The first-order chi connectivity index (χ1) is 10.4. The second-order valence-corrected chi connectivity index (χ2v) is 7.14. The first kappa shape index (κ1) is 17.2. The summed E-state index contributed by atoms with van der Waals surface area (Å²) in [5, 5.41) is 3.09. The van der Waals surface area contributed by atoms with Gasteiger partial charge in [0.1, 0.15) is 5.75 Å².